The SMILES string of the molecule is CC(=O)N1CCN(c2nc(NCCC(=O)N(C)CCOc3ccc4c(c3)CN([C@H]3CCC(=O)NC3=O)C4=O)nc3c(F)c(-c4c(O)cccc4F)c(Cl)cc23)CC1. The first-order chi connectivity index (χ1) is 27.3. The monoisotopic (exact) mass is 804 g/mol. The van der Waals surface area contributed by atoms with Crippen LogP contribution < -0.4 is 20.3 Å². The molecule has 0 saturated carbocycles. The Labute approximate surface area is 330 Å². The molecule has 4 heterocycles. The van der Waals surface area contributed by atoms with Crippen LogP contribution in [0.25, 0.3) is 22.0 Å². The van der Waals surface area contributed by atoms with Crippen LogP contribution in [-0.4, -0.2) is 118 Å². The van der Waals surface area contributed by atoms with E-state index >= 15 is 4.39 Å². The third-order valence-corrected chi connectivity index (χ3v) is 10.7. The second-order valence-electron chi connectivity index (χ2n) is 14.0. The summed E-state index contributed by atoms with van der Waals surface area (Å²) in [6, 6.07) is 9.31. The number of halogens is 3. The molecule has 0 aliphatic carbocycles. The molecule has 57 heavy (non-hydrogen) atoms. The summed E-state index contributed by atoms with van der Waals surface area (Å²) in [5, 5.41) is 15.8. The molecule has 15 nitrogen and oxygen atoms in total. The molecule has 1 atom stereocenters. The van der Waals surface area contributed by atoms with E-state index in [4.69, 9.17) is 16.3 Å². The first kappa shape index (κ1) is 39.1. The van der Waals surface area contributed by atoms with Crippen LogP contribution in [0.1, 0.15) is 42.1 Å². The van der Waals surface area contributed by atoms with Gasteiger partial charge in [0.2, 0.25) is 29.6 Å². The van der Waals surface area contributed by atoms with Crippen LogP contribution in [0.3, 0.4) is 0 Å². The summed E-state index contributed by atoms with van der Waals surface area (Å²) in [6.07, 6.45) is 0.437. The van der Waals surface area contributed by atoms with Gasteiger partial charge in [-0.25, -0.2) is 13.8 Å². The number of nitrogens with zero attached hydrogens (tertiary/aromatic N) is 6. The van der Waals surface area contributed by atoms with Crippen LogP contribution in [0, 0.1) is 11.6 Å². The fraction of sp³-hybridized carbons (Fsp3) is 0.359. The Balaban J connectivity index is 1.00. The van der Waals surface area contributed by atoms with Gasteiger partial charge < -0.3 is 34.8 Å². The number of anilines is 2. The molecular formula is C39H39ClF2N8O7. The molecule has 4 aromatic rings. The van der Waals surface area contributed by atoms with E-state index < -0.39 is 34.9 Å². The maximum absolute atomic E-state index is 16.4. The molecule has 18 heteroatoms. The van der Waals surface area contributed by atoms with Crippen molar-refractivity contribution in [1.82, 2.24) is 30.0 Å². The number of carbonyl (C=O) groups excluding carboxylic acids is 5. The number of rotatable bonds is 11. The van der Waals surface area contributed by atoms with Crippen molar-refractivity contribution in [3.05, 3.63) is 70.2 Å². The van der Waals surface area contributed by atoms with Gasteiger partial charge in [-0.3, -0.25) is 29.3 Å². The van der Waals surface area contributed by atoms with Crippen molar-refractivity contribution in [3.8, 4) is 22.6 Å². The van der Waals surface area contributed by atoms with Gasteiger partial charge in [0.15, 0.2) is 5.82 Å². The number of hydrogen-bond acceptors (Lipinski definition) is 11. The third kappa shape index (κ3) is 7.96. The van der Waals surface area contributed by atoms with E-state index in [2.05, 4.69) is 20.6 Å². The summed E-state index contributed by atoms with van der Waals surface area (Å²) in [5.41, 5.74) is 0.199. The van der Waals surface area contributed by atoms with Crippen molar-refractivity contribution in [3.63, 3.8) is 0 Å². The Kier molecular flexibility index (Phi) is 11.1. The van der Waals surface area contributed by atoms with Gasteiger partial charge in [-0.2, -0.15) is 4.98 Å². The summed E-state index contributed by atoms with van der Waals surface area (Å²) < 4.78 is 37.2. The molecule has 3 aromatic carbocycles. The van der Waals surface area contributed by atoms with Crippen LogP contribution >= 0.6 is 11.6 Å². The number of fused-ring (bicyclic) bond motifs is 2. The molecule has 2 saturated heterocycles. The van der Waals surface area contributed by atoms with E-state index in [1.807, 2.05) is 4.90 Å². The lowest BCUT2D eigenvalue weighted by Crippen LogP contribution is -2.52. The third-order valence-electron chi connectivity index (χ3n) is 10.4. The van der Waals surface area contributed by atoms with Gasteiger partial charge in [0.1, 0.15) is 41.3 Å². The first-order valence-corrected chi connectivity index (χ1v) is 18.7. The highest BCUT2D eigenvalue weighted by Crippen LogP contribution is 2.42. The summed E-state index contributed by atoms with van der Waals surface area (Å²) in [4.78, 5) is 77.5. The summed E-state index contributed by atoms with van der Waals surface area (Å²) in [5.74, 6) is -2.97. The maximum atomic E-state index is 16.4. The van der Waals surface area contributed by atoms with Crippen molar-refractivity contribution in [1.29, 1.82) is 0 Å². The average Bonchev–Trinajstić information content (AvgIpc) is 3.50. The van der Waals surface area contributed by atoms with Crippen molar-refractivity contribution in [2.45, 2.75) is 38.8 Å². The summed E-state index contributed by atoms with van der Waals surface area (Å²) >= 11 is 6.54. The lowest BCUT2D eigenvalue weighted by molar-refractivity contribution is -0.137. The maximum Gasteiger partial charge on any atom is 0.255 e. The zero-order chi connectivity index (χ0) is 40.5. The van der Waals surface area contributed by atoms with Crippen molar-refractivity contribution in [2.75, 3.05) is 63.1 Å². The van der Waals surface area contributed by atoms with Gasteiger partial charge in [0.25, 0.3) is 5.91 Å². The molecule has 0 unspecified atom stereocenters. The number of phenols is 1. The number of aromatic nitrogens is 2. The zero-order valence-corrected chi connectivity index (χ0v) is 31.9. The van der Waals surface area contributed by atoms with E-state index in [1.165, 1.54) is 34.9 Å². The van der Waals surface area contributed by atoms with Gasteiger partial charge in [-0.15, -0.1) is 0 Å². The van der Waals surface area contributed by atoms with Crippen LogP contribution in [0.5, 0.6) is 11.5 Å². The topological polar surface area (TPSA) is 178 Å². The summed E-state index contributed by atoms with van der Waals surface area (Å²) in [7, 11) is 1.62. The van der Waals surface area contributed by atoms with E-state index in [0.29, 0.717) is 48.9 Å². The minimum absolute atomic E-state index is 0.00136. The normalized spacial score (nSPS) is 16.8. The number of likely N-dealkylation sites (N-methyl/N-ethyl adjacent to an activating group) is 1. The number of hydrogen-bond donors (Lipinski definition) is 3. The molecule has 2 fully saturated rings. The van der Waals surface area contributed by atoms with E-state index in [9.17, 15) is 33.5 Å². The Morgan fingerprint density at radius 2 is 1.84 bits per heavy atom. The second-order valence-corrected chi connectivity index (χ2v) is 14.4. The summed E-state index contributed by atoms with van der Waals surface area (Å²) in [6.45, 7) is 3.72. The smallest absolute Gasteiger partial charge is 0.255 e. The molecule has 3 aliphatic rings. The molecule has 1 aromatic heterocycles. The molecule has 5 amide bonds. The van der Waals surface area contributed by atoms with Crippen LogP contribution in [0.2, 0.25) is 5.02 Å². The highest BCUT2D eigenvalue weighted by molar-refractivity contribution is 6.34. The highest BCUT2D eigenvalue weighted by Gasteiger charge is 2.39. The average molecular weight is 805 g/mol. The molecule has 0 spiro atoms. The van der Waals surface area contributed by atoms with Gasteiger partial charge in [-0.1, -0.05) is 17.7 Å². The van der Waals surface area contributed by atoms with E-state index in [1.54, 1.807) is 30.1 Å². The van der Waals surface area contributed by atoms with Crippen molar-refractivity contribution < 1.29 is 42.6 Å². The van der Waals surface area contributed by atoms with Gasteiger partial charge in [0, 0.05) is 82.6 Å². The minimum Gasteiger partial charge on any atom is -0.507 e. The number of imide groups is 1. The molecule has 0 bridgehead atoms. The number of phenolic OH excluding ortho intramolecular Hbond substituents is 1. The minimum atomic E-state index is -0.968. The number of amides is 5. The second kappa shape index (κ2) is 16.2. The molecule has 0 radical (unpaired) electrons. The number of benzene rings is 3. The largest absolute Gasteiger partial charge is 0.507 e. The van der Waals surface area contributed by atoms with Crippen LogP contribution in [-0.2, 0) is 25.7 Å². The van der Waals surface area contributed by atoms with Crippen molar-refractivity contribution >= 4 is 63.8 Å². The molecule has 3 aliphatic heterocycles. The predicted octanol–water partition coefficient (Wildman–Crippen LogP) is 3.70. The Hall–Kier alpha value is -6.10. The quantitative estimate of drug-likeness (QED) is 0.189. The number of nitrogens with one attached hydrogen (secondary N) is 2. The van der Waals surface area contributed by atoms with Gasteiger partial charge >= 0.3 is 0 Å². The van der Waals surface area contributed by atoms with Crippen molar-refractivity contribution in [2.24, 2.45) is 0 Å². The van der Waals surface area contributed by atoms with Crippen LogP contribution in [0.15, 0.2) is 42.5 Å². The zero-order valence-electron chi connectivity index (χ0n) is 31.1. The molecule has 3 N–H and O–H groups in total. The van der Waals surface area contributed by atoms with Crippen LogP contribution in [0.4, 0.5) is 20.5 Å². The number of piperazine rings is 1. The van der Waals surface area contributed by atoms with Gasteiger partial charge in [-0.05, 0) is 48.4 Å². The lowest BCUT2D eigenvalue weighted by atomic mass is 10.0. The molecule has 298 valence electrons. The fourth-order valence-electron chi connectivity index (χ4n) is 7.26. The van der Waals surface area contributed by atoms with E-state index in [0.717, 1.165) is 6.07 Å². The Morgan fingerprint density at radius 1 is 1.07 bits per heavy atom. The first-order valence-electron chi connectivity index (χ1n) is 18.4. The standard InChI is InChI=1S/C39H39ClF2N8O7/c1-21(51)48-12-14-49(15-13-48)36-25-19-26(40)32(33-27(41)4-3-5-29(33)52)34(42)35(25)45-39(46-36)43-11-10-31(54)47(2)16-17-57-23-6-7-24-22(18-23)20-50(38(24)56)28-8-9-30(53)44-37(28)55/h3-7,18-19,28,52H,8-17,20H2,1-2H3,(H,43,45,46)(H,44,53,55)/t28-/m0/s1. The number of piperidine rings is 1. The molecule has 7 rings (SSSR count). The molecular weight excluding hydrogens is 766 g/mol. The predicted molar refractivity (Wildman–Crippen MR) is 205 cm³/mol. The van der Waals surface area contributed by atoms with Gasteiger partial charge in [0.05, 0.1) is 17.1 Å². The Bertz CT molecular complexity index is 2280. The number of ether oxygens (including phenoxy) is 1. The highest BCUT2D eigenvalue weighted by atomic mass is 35.5. The fourth-order valence-corrected chi connectivity index (χ4v) is 7.55. The number of carbonyl (C=O) groups is 5. The lowest BCUT2D eigenvalue weighted by Gasteiger charge is -2.35. The van der Waals surface area contributed by atoms with E-state index in [-0.39, 0.29) is 96.6 Å². The number of aromatic hydroxyl groups is 1. The Morgan fingerprint density at radius 3 is 2.56 bits per heavy atom.